The van der Waals surface area contributed by atoms with E-state index in [4.69, 9.17) is 4.74 Å². The van der Waals surface area contributed by atoms with Crippen molar-refractivity contribution in [2.45, 2.75) is 39.8 Å². The van der Waals surface area contributed by atoms with Gasteiger partial charge in [-0.05, 0) is 49.7 Å². The Hall–Kier alpha value is -3.32. The van der Waals surface area contributed by atoms with Crippen molar-refractivity contribution < 1.29 is 19.1 Å². The molecule has 170 valence electrons. The summed E-state index contributed by atoms with van der Waals surface area (Å²) < 4.78 is 7.44. The zero-order valence-corrected chi connectivity index (χ0v) is 19.7. The lowest BCUT2D eigenvalue weighted by Gasteiger charge is -2.14. The summed E-state index contributed by atoms with van der Waals surface area (Å²) in [5.41, 5.74) is 4.13. The number of esters is 1. The van der Waals surface area contributed by atoms with Crippen LogP contribution < -0.4 is 0 Å². The van der Waals surface area contributed by atoms with Crippen LogP contribution in [0.25, 0.3) is 17.0 Å². The third-order valence-corrected chi connectivity index (χ3v) is 6.71. The number of carbonyl (C=O) groups is 3. The molecule has 0 N–H and O–H groups in total. The summed E-state index contributed by atoms with van der Waals surface area (Å²) in [6.45, 7) is 6.02. The number of ether oxygens (including phenoxy) is 1. The van der Waals surface area contributed by atoms with Crippen molar-refractivity contribution in [3.63, 3.8) is 0 Å². The van der Waals surface area contributed by atoms with Gasteiger partial charge in [-0.15, -0.1) is 0 Å². The molecule has 7 heteroatoms. The minimum absolute atomic E-state index is 0.258. The number of para-hydroxylation sites is 1. The molecule has 0 saturated carbocycles. The maximum absolute atomic E-state index is 13.0. The number of hydrogen-bond acceptors (Lipinski definition) is 5. The molecule has 1 fully saturated rings. The Balaban J connectivity index is 1.65. The zero-order valence-electron chi connectivity index (χ0n) is 18.9. The largest absolute Gasteiger partial charge is 0.461 e. The number of aromatic nitrogens is 1. The van der Waals surface area contributed by atoms with Gasteiger partial charge in [0.05, 0.1) is 11.0 Å². The summed E-state index contributed by atoms with van der Waals surface area (Å²) in [4.78, 5) is 38.8. The number of benzene rings is 2. The van der Waals surface area contributed by atoms with Gasteiger partial charge in [0.15, 0.2) is 0 Å². The van der Waals surface area contributed by atoms with Crippen LogP contribution in [0.4, 0.5) is 4.79 Å². The van der Waals surface area contributed by atoms with Crippen LogP contribution in [0.1, 0.15) is 37.1 Å². The fraction of sp³-hybridized carbons (Fsp3) is 0.269. The first-order chi connectivity index (χ1) is 15.9. The maximum Gasteiger partial charge on any atom is 0.326 e. The Labute approximate surface area is 197 Å². The van der Waals surface area contributed by atoms with Gasteiger partial charge in [-0.1, -0.05) is 55.5 Å². The Morgan fingerprint density at radius 2 is 1.79 bits per heavy atom. The van der Waals surface area contributed by atoms with E-state index in [1.807, 2.05) is 50.2 Å². The van der Waals surface area contributed by atoms with E-state index in [0.717, 1.165) is 38.8 Å². The summed E-state index contributed by atoms with van der Waals surface area (Å²) in [5.74, 6) is -1.05. The molecule has 2 amide bonds. The Morgan fingerprint density at radius 1 is 1.09 bits per heavy atom. The van der Waals surface area contributed by atoms with Crippen LogP contribution >= 0.6 is 11.8 Å². The van der Waals surface area contributed by atoms with Gasteiger partial charge in [-0.25, -0.2) is 0 Å². The van der Waals surface area contributed by atoms with E-state index in [9.17, 15) is 14.4 Å². The number of rotatable bonds is 7. The third-order valence-electron chi connectivity index (χ3n) is 5.81. The second-order valence-electron chi connectivity index (χ2n) is 8.06. The molecular weight excluding hydrogens is 436 g/mol. The van der Waals surface area contributed by atoms with Crippen LogP contribution in [-0.4, -0.2) is 39.2 Å². The van der Waals surface area contributed by atoms with Crippen molar-refractivity contribution >= 4 is 45.9 Å². The standard InChI is InChI=1S/C26H26N2O4S/c1-4-17(2)32-24(29)16-28-25(30)23(33-26(28)31)14-21-18(3)27(15-19-10-6-5-7-11-19)22-13-9-8-12-20(21)22/h5-14,17H,4,15-16H2,1-3H3/b23-14-/t17-/m1/s1. The molecule has 1 aliphatic rings. The quantitative estimate of drug-likeness (QED) is 0.348. The lowest BCUT2D eigenvalue weighted by Crippen LogP contribution is -2.35. The molecule has 0 aliphatic carbocycles. The number of imide groups is 1. The molecule has 2 heterocycles. The predicted molar refractivity (Wildman–Crippen MR) is 131 cm³/mol. The topological polar surface area (TPSA) is 68.6 Å². The molecule has 0 radical (unpaired) electrons. The molecule has 4 rings (SSSR count). The smallest absolute Gasteiger partial charge is 0.326 e. The van der Waals surface area contributed by atoms with Crippen LogP contribution in [-0.2, 0) is 20.9 Å². The summed E-state index contributed by atoms with van der Waals surface area (Å²) >= 11 is 0.855. The molecule has 1 aliphatic heterocycles. The molecule has 0 unspecified atom stereocenters. The van der Waals surface area contributed by atoms with E-state index in [1.54, 1.807) is 13.0 Å². The molecule has 33 heavy (non-hydrogen) atoms. The molecule has 3 aromatic rings. The fourth-order valence-electron chi connectivity index (χ4n) is 3.85. The normalized spacial score (nSPS) is 16.1. The maximum atomic E-state index is 13.0. The van der Waals surface area contributed by atoms with E-state index in [1.165, 1.54) is 5.56 Å². The first-order valence-electron chi connectivity index (χ1n) is 11.0. The van der Waals surface area contributed by atoms with E-state index in [0.29, 0.717) is 17.9 Å². The average molecular weight is 463 g/mol. The second-order valence-corrected chi connectivity index (χ2v) is 9.06. The molecule has 1 saturated heterocycles. The molecular formula is C26H26N2O4S. The zero-order chi connectivity index (χ0) is 23.5. The average Bonchev–Trinajstić information content (AvgIpc) is 3.23. The number of nitrogens with zero attached hydrogens (tertiary/aromatic N) is 2. The molecule has 1 aromatic heterocycles. The van der Waals surface area contributed by atoms with Crippen LogP contribution in [0.15, 0.2) is 59.5 Å². The van der Waals surface area contributed by atoms with Crippen molar-refractivity contribution in [1.82, 2.24) is 9.47 Å². The SMILES string of the molecule is CC[C@@H](C)OC(=O)CN1C(=O)S/C(=C\c2c(C)n(Cc3ccccc3)c3ccccc23)C1=O. The molecule has 0 spiro atoms. The number of thioether (sulfide) groups is 1. The monoisotopic (exact) mass is 462 g/mol. The van der Waals surface area contributed by atoms with Gasteiger partial charge in [0.25, 0.3) is 11.1 Å². The van der Waals surface area contributed by atoms with E-state index in [-0.39, 0.29) is 12.6 Å². The minimum atomic E-state index is -0.580. The fourth-order valence-corrected chi connectivity index (χ4v) is 4.67. The van der Waals surface area contributed by atoms with Gasteiger partial charge in [0.1, 0.15) is 6.54 Å². The van der Waals surface area contributed by atoms with Gasteiger partial charge in [-0.2, -0.15) is 0 Å². The van der Waals surface area contributed by atoms with Gasteiger partial charge in [-0.3, -0.25) is 19.3 Å². The van der Waals surface area contributed by atoms with Crippen LogP contribution in [0.5, 0.6) is 0 Å². The van der Waals surface area contributed by atoms with Crippen LogP contribution in [0.3, 0.4) is 0 Å². The van der Waals surface area contributed by atoms with E-state index < -0.39 is 17.1 Å². The number of amides is 2. The Kier molecular flexibility index (Phi) is 6.70. The summed E-state index contributed by atoms with van der Waals surface area (Å²) in [6.07, 6.45) is 2.18. The van der Waals surface area contributed by atoms with E-state index in [2.05, 4.69) is 22.8 Å². The molecule has 6 nitrogen and oxygen atoms in total. The highest BCUT2D eigenvalue weighted by atomic mass is 32.2. The highest BCUT2D eigenvalue weighted by Gasteiger charge is 2.37. The van der Waals surface area contributed by atoms with Crippen molar-refractivity contribution in [2.75, 3.05) is 6.54 Å². The minimum Gasteiger partial charge on any atom is -0.461 e. The van der Waals surface area contributed by atoms with Gasteiger partial charge >= 0.3 is 5.97 Å². The highest BCUT2D eigenvalue weighted by molar-refractivity contribution is 8.18. The third kappa shape index (κ3) is 4.73. The van der Waals surface area contributed by atoms with Crippen molar-refractivity contribution in [3.05, 3.63) is 76.3 Å². The second kappa shape index (κ2) is 9.67. The van der Waals surface area contributed by atoms with Gasteiger partial charge in [0.2, 0.25) is 0 Å². The number of carbonyl (C=O) groups excluding carboxylic acids is 3. The lowest BCUT2D eigenvalue weighted by molar-refractivity contribution is -0.150. The molecule has 0 bridgehead atoms. The Bertz CT molecular complexity index is 1250. The highest BCUT2D eigenvalue weighted by Crippen LogP contribution is 2.35. The predicted octanol–water partition coefficient (Wildman–Crippen LogP) is 5.38. The summed E-state index contributed by atoms with van der Waals surface area (Å²) in [5, 5.41) is 0.548. The van der Waals surface area contributed by atoms with Crippen molar-refractivity contribution in [3.8, 4) is 0 Å². The summed E-state index contributed by atoms with van der Waals surface area (Å²) in [6, 6.07) is 18.2. The Morgan fingerprint density at radius 3 is 2.52 bits per heavy atom. The van der Waals surface area contributed by atoms with Crippen LogP contribution in [0.2, 0.25) is 0 Å². The number of fused-ring (bicyclic) bond motifs is 1. The van der Waals surface area contributed by atoms with Crippen molar-refractivity contribution in [2.24, 2.45) is 0 Å². The summed E-state index contributed by atoms with van der Waals surface area (Å²) in [7, 11) is 0. The van der Waals surface area contributed by atoms with Crippen LogP contribution in [0, 0.1) is 6.92 Å². The molecule has 2 aromatic carbocycles. The number of hydrogen-bond donors (Lipinski definition) is 0. The van der Waals surface area contributed by atoms with Crippen molar-refractivity contribution in [1.29, 1.82) is 0 Å². The van der Waals surface area contributed by atoms with Gasteiger partial charge < -0.3 is 9.30 Å². The lowest BCUT2D eigenvalue weighted by atomic mass is 10.1. The first-order valence-corrected chi connectivity index (χ1v) is 11.8. The van der Waals surface area contributed by atoms with E-state index >= 15 is 0 Å². The molecule has 1 atom stereocenters. The first kappa shape index (κ1) is 22.9. The van der Waals surface area contributed by atoms with Gasteiger partial charge in [0, 0.05) is 28.7 Å².